The van der Waals surface area contributed by atoms with Crippen molar-refractivity contribution in [2.45, 2.75) is 31.1 Å². The van der Waals surface area contributed by atoms with E-state index in [4.69, 9.17) is 9.73 Å². The Morgan fingerprint density at radius 2 is 2.07 bits per heavy atom. The van der Waals surface area contributed by atoms with E-state index < -0.39 is 0 Å². The number of hydrogen-bond acceptors (Lipinski definition) is 4. The van der Waals surface area contributed by atoms with Gasteiger partial charge in [-0.2, -0.15) is 11.8 Å². The molecule has 0 atom stereocenters. The molecule has 1 aliphatic rings. The SMILES string of the molecule is CCNC(=NCC1(SC)CCOCC1)N(C)Cc1ncc(-c2ccccc2)[nH]1. The van der Waals surface area contributed by atoms with Crippen LogP contribution < -0.4 is 5.32 Å². The fourth-order valence-corrected chi connectivity index (χ4v) is 4.13. The minimum Gasteiger partial charge on any atom is -0.381 e. The van der Waals surface area contributed by atoms with E-state index in [9.17, 15) is 0 Å². The van der Waals surface area contributed by atoms with Crippen LogP contribution in [0.1, 0.15) is 25.6 Å². The van der Waals surface area contributed by atoms with Crippen molar-refractivity contribution >= 4 is 17.7 Å². The number of aromatic amines is 1. The Bertz CT molecular complexity index is 755. The first-order valence-corrected chi connectivity index (χ1v) is 11.1. The molecule has 0 spiro atoms. The first kappa shape index (κ1) is 20.7. The zero-order valence-electron chi connectivity index (χ0n) is 17.1. The van der Waals surface area contributed by atoms with Crippen LogP contribution >= 0.6 is 11.8 Å². The fraction of sp³-hybridized carbons (Fsp3) is 0.524. The number of aliphatic imine (C=N–C) groups is 1. The lowest BCUT2D eigenvalue weighted by molar-refractivity contribution is 0.0793. The van der Waals surface area contributed by atoms with Gasteiger partial charge in [-0.25, -0.2) is 4.98 Å². The molecule has 1 saturated heterocycles. The molecular formula is C21H31N5OS. The maximum atomic E-state index is 5.55. The van der Waals surface area contributed by atoms with Gasteiger partial charge < -0.3 is 19.9 Å². The Morgan fingerprint density at radius 1 is 1.32 bits per heavy atom. The minimum absolute atomic E-state index is 0.185. The van der Waals surface area contributed by atoms with E-state index in [2.05, 4.69) is 52.5 Å². The molecule has 1 aromatic carbocycles. The van der Waals surface area contributed by atoms with Gasteiger partial charge >= 0.3 is 0 Å². The molecule has 1 aromatic heterocycles. The summed E-state index contributed by atoms with van der Waals surface area (Å²) in [6.45, 7) is 6.08. The maximum Gasteiger partial charge on any atom is 0.194 e. The highest BCUT2D eigenvalue weighted by atomic mass is 32.2. The minimum atomic E-state index is 0.185. The quantitative estimate of drug-likeness (QED) is 0.550. The monoisotopic (exact) mass is 401 g/mol. The van der Waals surface area contributed by atoms with Gasteiger partial charge in [-0.05, 0) is 31.6 Å². The summed E-state index contributed by atoms with van der Waals surface area (Å²) in [5.41, 5.74) is 2.18. The molecule has 28 heavy (non-hydrogen) atoms. The third kappa shape index (κ3) is 5.29. The van der Waals surface area contributed by atoms with Crippen molar-refractivity contribution in [1.82, 2.24) is 20.2 Å². The van der Waals surface area contributed by atoms with Crippen molar-refractivity contribution < 1.29 is 4.74 Å². The lowest BCUT2D eigenvalue weighted by atomic mass is 9.99. The van der Waals surface area contributed by atoms with Crippen molar-refractivity contribution in [2.24, 2.45) is 4.99 Å². The first-order chi connectivity index (χ1) is 13.7. The lowest BCUT2D eigenvalue weighted by Crippen LogP contribution is -2.41. The van der Waals surface area contributed by atoms with Gasteiger partial charge in [0.25, 0.3) is 0 Å². The number of H-pyrrole nitrogens is 1. The van der Waals surface area contributed by atoms with Gasteiger partial charge in [0.1, 0.15) is 5.82 Å². The second-order valence-electron chi connectivity index (χ2n) is 7.14. The van der Waals surface area contributed by atoms with E-state index in [-0.39, 0.29) is 4.75 Å². The Balaban J connectivity index is 1.67. The van der Waals surface area contributed by atoms with Crippen molar-refractivity contribution in [3.8, 4) is 11.3 Å². The Hall–Kier alpha value is -1.99. The smallest absolute Gasteiger partial charge is 0.194 e. The zero-order valence-corrected chi connectivity index (χ0v) is 17.9. The number of benzene rings is 1. The highest BCUT2D eigenvalue weighted by molar-refractivity contribution is 8.00. The summed E-state index contributed by atoms with van der Waals surface area (Å²) in [5.74, 6) is 1.85. The molecule has 2 aromatic rings. The molecule has 1 fully saturated rings. The van der Waals surface area contributed by atoms with Crippen LogP contribution in [-0.4, -0.2) is 65.2 Å². The third-order valence-corrected chi connectivity index (χ3v) is 6.55. The molecular weight excluding hydrogens is 370 g/mol. The predicted molar refractivity (Wildman–Crippen MR) is 118 cm³/mol. The molecule has 0 unspecified atom stereocenters. The van der Waals surface area contributed by atoms with E-state index in [1.807, 2.05) is 36.2 Å². The molecule has 2 N–H and O–H groups in total. The third-order valence-electron chi connectivity index (χ3n) is 5.15. The summed E-state index contributed by atoms with van der Waals surface area (Å²) >= 11 is 1.92. The molecule has 0 bridgehead atoms. The van der Waals surface area contributed by atoms with Crippen LogP contribution in [0.3, 0.4) is 0 Å². The van der Waals surface area contributed by atoms with Crippen LogP contribution in [0, 0.1) is 0 Å². The van der Waals surface area contributed by atoms with E-state index in [0.29, 0.717) is 6.54 Å². The van der Waals surface area contributed by atoms with Crippen LogP contribution in [0.2, 0.25) is 0 Å². The first-order valence-electron chi connectivity index (χ1n) is 9.87. The topological polar surface area (TPSA) is 65.5 Å². The largest absolute Gasteiger partial charge is 0.381 e. The van der Waals surface area contributed by atoms with Crippen LogP contribution in [0.4, 0.5) is 0 Å². The van der Waals surface area contributed by atoms with Crippen molar-refractivity contribution in [2.75, 3.05) is 39.6 Å². The maximum absolute atomic E-state index is 5.55. The number of ether oxygens (including phenoxy) is 1. The second-order valence-corrected chi connectivity index (χ2v) is 8.41. The molecule has 3 rings (SSSR count). The van der Waals surface area contributed by atoms with Gasteiger partial charge in [0.2, 0.25) is 0 Å². The summed E-state index contributed by atoms with van der Waals surface area (Å²) in [5, 5.41) is 3.42. The second kappa shape index (κ2) is 9.98. The standard InChI is InChI=1S/C21H31N5OS/c1-4-22-20(24-16-21(28-3)10-12-27-13-11-21)26(2)15-19-23-14-18(25-19)17-8-6-5-7-9-17/h5-9,14H,4,10-13,15-16H2,1-3H3,(H,22,24)(H,23,25). The van der Waals surface area contributed by atoms with E-state index >= 15 is 0 Å². The molecule has 0 amide bonds. The van der Waals surface area contributed by atoms with Gasteiger partial charge in [0.15, 0.2) is 5.96 Å². The molecule has 7 heteroatoms. The van der Waals surface area contributed by atoms with Gasteiger partial charge in [0, 0.05) is 31.6 Å². The summed E-state index contributed by atoms with van der Waals surface area (Å²) < 4.78 is 5.73. The van der Waals surface area contributed by atoms with Gasteiger partial charge in [0.05, 0.1) is 25.0 Å². The number of rotatable bonds is 7. The number of aromatic nitrogens is 2. The van der Waals surface area contributed by atoms with Gasteiger partial charge in [-0.3, -0.25) is 4.99 Å². The van der Waals surface area contributed by atoms with Crippen LogP contribution in [0.15, 0.2) is 41.5 Å². The summed E-state index contributed by atoms with van der Waals surface area (Å²) in [6.07, 6.45) is 6.19. The lowest BCUT2D eigenvalue weighted by Gasteiger charge is -2.34. The van der Waals surface area contributed by atoms with Crippen molar-refractivity contribution in [1.29, 1.82) is 0 Å². The molecule has 1 aliphatic heterocycles. The average molecular weight is 402 g/mol. The number of thioether (sulfide) groups is 1. The number of nitrogens with one attached hydrogen (secondary N) is 2. The van der Waals surface area contributed by atoms with E-state index in [0.717, 1.165) is 62.2 Å². The summed E-state index contributed by atoms with van der Waals surface area (Å²) in [6, 6.07) is 10.3. The predicted octanol–water partition coefficient (Wildman–Crippen LogP) is 3.39. The van der Waals surface area contributed by atoms with Crippen LogP contribution in [0.5, 0.6) is 0 Å². The molecule has 0 radical (unpaired) electrons. The van der Waals surface area contributed by atoms with Crippen molar-refractivity contribution in [3.63, 3.8) is 0 Å². The summed E-state index contributed by atoms with van der Waals surface area (Å²) in [7, 11) is 2.06. The number of guanidine groups is 1. The fourth-order valence-electron chi connectivity index (χ4n) is 3.37. The Morgan fingerprint density at radius 3 is 2.75 bits per heavy atom. The molecule has 6 nitrogen and oxygen atoms in total. The Kier molecular flexibility index (Phi) is 7.39. The zero-order chi connectivity index (χ0) is 19.8. The normalized spacial score (nSPS) is 16.8. The van der Waals surface area contributed by atoms with Gasteiger partial charge in [-0.15, -0.1) is 0 Å². The molecule has 2 heterocycles. The number of hydrogen-bond donors (Lipinski definition) is 2. The number of nitrogens with zero attached hydrogens (tertiary/aromatic N) is 3. The van der Waals surface area contributed by atoms with E-state index in [1.54, 1.807) is 0 Å². The molecule has 152 valence electrons. The van der Waals surface area contributed by atoms with Crippen LogP contribution in [-0.2, 0) is 11.3 Å². The van der Waals surface area contributed by atoms with Crippen molar-refractivity contribution in [3.05, 3.63) is 42.4 Å². The highest BCUT2D eigenvalue weighted by Crippen LogP contribution is 2.34. The van der Waals surface area contributed by atoms with Crippen LogP contribution in [0.25, 0.3) is 11.3 Å². The number of imidazole rings is 1. The summed E-state index contributed by atoms with van der Waals surface area (Å²) in [4.78, 5) is 15.1. The Labute approximate surface area is 172 Å². The highest BCUT2D eigenvalue weighted by Gasteiger charge is 2.31. The van der Waals surface area contributed by atoms with Gasteiger partial charge in [-0.1, -0.05) is 30.3 Å². The molecule has 0 saturated carbocycles. The average Bonchev–Trinajstić information content (AvgIpc) is 3.21. The van der Waals surface area contributed by atoms with E-state index in [1.165, 1.54) is 0 Å². The molecule has 0 aliphatic carbocycles.